The number of alkyl halides is 3. The van der Waals surface area contributed by atoms with Crippen LogP contribution in [0.1, 0.15) is 11.4 Å². The molecule has 1 aromatic heterocycles. The Morgan fingerprint density at radius 3 is 2.67 bits per heavy atom. The normalized spacial score (nSPS) is 16.1. The van der Waals surface area contributed by atoms with Crippen molar-refractivity contribution < 1.29 is 13.2 Å². The Morgan fingerprint density at radius 1 is 1.33 bits per heavy atom. The molecule has 0 fully saturated rings. The molecule has 0 aliphatic carbocycles. The monoisotopic (exact) mass is 215 g/mol. The SMILES string of the molecule is FC(F)(F)c1cc(C2=CC=CCN2)n[nH]1. The topological polar surface area (TPSA) is 40.7 Å². The molecule has 0 saturated carbocycles. The van der Waals surface area contributed by atoms with Crippen molar-refractivity contribution in [3.8, 4) is 0 Å². The molecule has 0 spiro atoms. The Kier molecular flexibility index (Phi) is 2.26. The quantitative estimate of drug-likeness (QED) is 0.751. The van der Waals surface area contributed by atoms with Crippen LogP contribution in [0.25, 0.3) is 5.70 Å². The maximum absolute atomic E-state index is 12.2. The Bertz CT molecular complexity index is 414. The fourth-order valence-electron chi connectivity index (χ4n) is 1.24. The molecule has 0 bridgehead atoms. The van der Waals surface area contributed by atoms with Gasteiger partial charge in [-0.2, -0.15) is 18.3 Å². The molecule has 0 radical (unpaired) electrons. The molecule has 1 aliphatic rings. The van der Waals surface area contributed by atoms with Crippen molar-refractivity contribution in [1.29, 1.82) is 0 Å². The standard InChI is InChI=1S/C9H8F3N3/c10-9(11,12)8-5-7(14-15-8)6-3-1-2-4-13-6/h1-3,5,13H,4H2,(H,14,15). The maximum Gasteiger partial charge on any atom is 0.432 e. The van der Waals surface area contributed by atoms with Crippen LogP contribution in [0.4, 0.5) is 13.2 Å². The zero-order valence-electron chi connectivity index (χ0n) is 7.60. The molecule has 0 amide bonds. The lowest BCUT2D eigenvalue weighted by molar-refractivity contribution is -0.141. The number of nitrogens with zero attached hydrogens (tertiary/aromatic N) is 1. The maximum atomic E-state index is 12.2. The molecule has 0 unspecified atom stereocenters. The van der Waals surface area contributed by atoms with Gasteiger partial charge in [0.15, 0.2) is 0 Å². The van der Waals surface area contributed by atoms with Gasteiger partial charge in [0.25, 0.3) is 0 Å². The molecule has 1 aromatic rings. The first-order valence-corrected chi connectivity index (χ1v) is 4.31. The Morgan fingerprint density at radius 2 is 2.13 bits per heavy atom. The van der Waals surface area contributed by atoms with Gasteiger partial charge in [-0.25, -0.2) is 0 Å². The first kappa shape index (κ1) is 9.82. The van der Waals surface area contributed by atoms with Gasteiger partial charge in [0.1, 0.15) is 11.4 Å². The summed E-state index contributed by atoms with van der Waals surface area (Å²) in [6, 6.07) is 0.984. The summed E-state index contributed by atoms with van der Waals surface area (Å²) < 4.78 is 36.7. The highest BCUT2D eigenvalue weighted by Gasteiger charge is 2.33. The van der Waals surface area contributed by atoms with Crippen LogP contribution in [0, 0.1) is 0 Å². The average molecular weight is 215 g/mol. The van der Waals surface area contributed by atoms with Gasteiger partial charge < -0.3 is 5.32 Å². The van der Waals surface area contributed by atoms with Gasteiger partial charge in [-0.05, 0) is 12.1 Å². The zero-order chi connectivity index (χ0) is 10.9. The fourth-order valence-corrected chi connectivity index (χ4v) is 1.24. The van der Waals surface area contributed by atoms with Gasteiger partial charge in [-0.3, -0.25) is 5.10 Å². The number of halogens is 3. The van der Waals surface area contributed by atoms with Crippen LogP contribution < -0.4 is 5.32 Å². The Hall–Kier alpha value is -1.72. The van der Waals surface area contributed by atoms with Crippen LogP contribution >= 0.6 is 0 Å². The molecule has 0 aromatic carbocycles. The fraction of sp³-hybridized carbons (Fsp3) is 0.222. The Labute approximate surface area is 83.7 Å². The van der Waals surface area contributed by atoms with Crippen molar-refractivity contribution in [3.05, 3.63) is 35.7 Å². The molecule has 15 heavy (non-hydrogen) atoms. The van der Waals surface area contributed by atoms with Crippen LogP contribution in [0.3, 0.4) is 0 Å². The van der Waals surface area contributed by atoms with Crippen molar-refractivity contribution in [2.45, 2.75) is 6.18 Å². The number of hydrogen-bond acceptors (Lipinski definition) is 2. The number of nitrogens with one attached hydrogen (secondary N) is 2. The van der Waals surface area contributed by atoms with E-state index in [0.29, 0.717) is 12.2 Å². The minimum atomic E-state index is -4.38. The minimum Gasteiger partial charge on any atom is -0.380 e. The lowest BCUT2D eigenvalue weighted by atomic mass is 10.2. The van der Waals surface area contributed by atoms with E-state index in [-0.39, 0.29) is 5.69 Å². The van der Waals surface area contributed by atoms with Crippen LogP contribution in [-0.2, 0) is 6.18 Å². The van der Waals surface area contributed by atoms with Crippen LogP contribution in [0.5, 0.6) is 0 Å². The number of dihydropyridines is 1. The summed E-state index contributed by atoms with van der Waals surface area (Å²) in [5.41, 5.74) is 0.0191. The summed E-state index contributed by atoms with van der Waals surface area (Å²) >= 11 is 0. The van der Waals surface area contributed by atoms with Crippen LogP contribution in [-0.4, -0.2) is 16.7 Å². The summed E-state index contributed by atoms with van der Waals surface area (Å²) in [7, 11) is 0. The number of aromatic nitrogens is 2. The van der Waals surface area contributed by atoms with Crippen molar-refractivity contribution in [2.24, 2.45) is 0 Å². The van der Waals surface area contributed by atoms with E-state index in [4.69, 9.17) is 0 Å². The average Bonchev–Trinajstić information content (AvgIpc) is 2.67. The molecule has 80 valence electrons. The van der Waals surface area contributed by atoms with Crippen molar-refractivity contribution in [3.63, 3.8) is 0 Å². The van der Waals surface area contributed by atoms with E-state index in [9.17, 15) is 13.2 Å². The van der Waals surface area contributed by atoms with Gasteiger partial charge in [0, 0.05) is 6.54 Å². The number of H-pyrrole nitrogens is 1. The minimum absolute atomic E-state index is 0.270. The number of rotatable bonds is 1. The van der Waals surface area contributed by atoms with Gasteiger partial charge in [-0.1, -0.05) is 12.2 Å². The van der Waals surface area contributed by atoms with Crippen LogP contribution in [0.15, 0.2) is 24.3 Å². The second-order valence-electron chi connectivity index (χ2n) is 3.05. The highest BCUT2D eigenvalue weighted by molar-refractivity contribution is 5.64. The van der Waals surface area contributed by atoms with E-state index >= 15 is 0 Å². The Balaban J connectivity index is 2.27. The molecule has 3 nitrogen and oxygen atoms in total. The smallest absolute Gasteiger partial charge is 0.380 e. The first-order valence-electron chi connectivity index (χ1n) is 4.31. The van der Waals surface area contributed by atoms with E-state index in [0.717, 1.165) is 6.07 Å². The number of aromatic amines is 1. The van der Waals surface area contributed by atoms with Gasteiger partial charge in [0.2, 0.25) is 0 Å². The van der Waals surface area contributed by atoms with E-state index in [2.05, 4.69) is 10.4 Å². The molecule has 6 heteroatoms. The molecule has 0 saturated heterocycles. The largest absolute Gasteiger partial charge is 0.432 e. The third-order valence-electron chi connectivity index (χ3n) is 1.97. The zero-order valence-corrected chi connectivity index (χ0v) is 7.60. The molecular weight excluding hydrogens is 207 g/mol. The van der Waals surface area contributed by atoms with Crippen LogP contribution in [0.2, 0.25) is 0 Å². The van der Waals surface area contributed by atoms with Crippen molar-refractivity contribution in [2.75, 3.05) is 6.54 Å². The van der Waals surface area contributed by atoms with E-state index in [1.165, 1.54) is 0 Å². The van der Waals surface area contributed by atoms with Gasteiger partial charge in [0.05, 0.1) is 5.70 Å². The van der Waals surface area contributed by atoms with E-state index < -0.39 is 11.9 Å². The highest BCUT2D eigenvalue weighted by atomic mass is 19.4. The predicted octanol–water partition coefficient (Wildman–Crippen LogP) is 1.93. The summed E-state index contributed by atoms with van der Waals surface area (Å²) in [5, 5.41) is 8.48. The van der Waals surface area contributed by atoms with Crippen molar-refractivity contribution in [1.82, 2.24) is 15.5 Å². The molecule has 0 atom stereocenters. The predicted molar refractivity (Wildman–Crippen MR) is 48.7 cm³/mol. The molecule has 2 rings (SSSR count). The van der Waals surface area contributed by atoms with E-state index in [1.807, 2.05) is 11.2 Å². The highest BCUT2D eigenvalue weighted by Crippen LogP contribution is 2.28. The third-order valence-corrected chi connectivity index (χ3v) is 1.97. The van der Waals surface area contributed by atoms with E-state index in [1.54, 1.807) is 12.2 Å². The van der Waals surface area contributed by atoms with Gasteiger partial charge in [-0.15, -0.1) is 0 Å². The second-order valence-corrected chi connectivity index (χ2v) is 3.05. The first-order chi connectivity index (χ1) is 7.07. The summed E-state index contributed by atoms with van der Waals surface area (Å²) in [6.45, 7) is 0.597. The lowest BCUT2D eigenvalue weighted by Gasteiger charge is -2.08. The number of hydrogen-bond donors (Lipinski definition) is 2. The summed E-state index contributed by atoms with van der Waals surface area (Å²) in [6.07, 6.45) is 0.935. The summed E-state index contributed by atoms with van der Waals surface area (Å²) in [5.74, 6) is 0. The second kappa shape index (κ2) is 3.45. The van der Waals surface area contributed by atoms with Gasteiger partial charge >= 0.3 is 6.18 Å². The number of allylic oxidation sites excluding steroid dienone is 2. The third kappa shape index (κ3) is 2.03. The molecule has 2 heterocycles. The summed E-state index contributed by atoms with van der Waals surface area (Å²) in [4.78, 5) is 0. The molecule has 1 aliphatic heterocycles. The lowest BCUT2D eigenvalue weighted by Crippen LogP contribution is -2.14. The van der Waals surface area contributed by atoms with Crippen molar-refractivity contribution >= 4 is 5.70 Å². The molecular formula is C9H8F3N3. The molecule has 2 N–H and O–H groups in total.